The van der Waals surface area contributed by atoms with E-state index in [1.165, 1.54) is 16.6 Å². The van der Waals surface area contributed by atoms with Crippen LogP contribution in [0.2, 0.25) is 0 Å². The van der Waals surface area contributed by atoms with Crippen molar-refractivity contribution in [2.24, 2.45) is 0 Å². The van der Waals surface area contributed by atoms with Gasteiger partial charge in [0.05, 0.1) is 5.69 Å². The largest absolute Gasteiger partial charge is 0.364 e. The predicted octanol–water partition coefficient (Wildman–Crippen LogP) is 2.49. The van der Waals surface area contributed by atoms with Gasteiger partial charge in [0, 0.05) is 18.7 Å². The van der Waals surface area contributed by atoms with Crippen LogP contribution in [0, 0.1) is 11.6 Å². The van der Waals surface area contributed by atoms with E-state index in [9.17, 15) is 17.2 Å². The third-order valence-corrected chi connectivity index (χ3v) is 5.82. The van der Waals surface area contributed by atoms with Crippen LogP contribution in [-0.4, -0.2) is 30.5 Å². The Morgan fingerprint density at radius 1 is 1.30 bits per heavy atom. The van der Waals surface area contributed by atoms with Crippen molar-refractivity contribution in [2.75, 3.05) is 6.54 Å². The van der Waals surface area contributed by atoms with Gasteiger partial charge in [0.1, 0.15) is 23.7 Å². The van der Waals surface area contributed by atoms with E-state index >= 15 is 0 Å². The Kier molecular flexibility index (Phi) is 4.45. The zero-order chi connectivity index (χ0) is 16.4. The predicted molar refractivity (Wildman–Crippen MR) is 78.9 cm³/mol. The molecule has 1 aromatic carbocycles. The minimum absolute atomic E-state index is 0.154. The van der Waals surface area contributed by atoms with Gasteiger partial charge >= 0.3 is 0 Å². The van der Waals surface area contributed by atoms with Gasteiger partial charge in [-0.05, 0) is 43.0 Å². The molecular weight excluding hydrogens is 326 g/mol. The van der Waals surface area contributed by atoms with E-state index in [0.717, 1.165) is 18.2 Å². The number of aromatic nitrogens is 1. The van der Waals surface area contributed by atoms with E-state index in [0.29, 0.717) is 25.1 Å². The summed E-state index contributed by atoms with van der Waals surface area (Å²) in [6.45, 7) is 0.377. The minimum Gasteiger partial charge on any atom is -0.364 e. The Bertz CT molecular complexity index is 778. The summed E-state index contributed by atoms with van der Waals surface area (Å²) in [6.07, 6.45) is 2.78. The lowest BCUT2D eigenvalue weighted by atomic mass is 10.0. The summed E-state index contributed by atoms with van der Waals surface area (Å²) >= 11 is 0. The highest BCUT2D eigenvalue weighted by molar-refractivity contribution is 7.88. The molecule has 0 amide bonds. The van der Waals surface area contributed by atoms with E-state index in [1.54, 1.807) is 0 Å². The number of rotatable bonds is 5. The molecule has 1 fully saturated rings. The molecule has 1 aliphatic rings. The van der Waals surface area contributed by atoms with Crippen LogP contribution in [0.25, 0.3) is 0 Å². The van der Waals surface area contributed by atoms with Crippen molar-refractivity contribution in [3.05, 3.63) is 53.4 Å². The minimum atomic E-state index is -3.58. The van der Waals surface area contributed by atoms with Gasteiger partial charge in [0.15, 0.2) is 0 Å². The molecule has 1 aromatic heterocycles. The molecule has 0 saturated carbocycles. The van der Waals surface area contributed by atoms with Gasteiger partial charge in [-0.2, -0.15) is 4.31 Å². The van der Waals surface area contributed by atoms with Crippen LogP contribution >= 0.6 is 0 Å². The second kappa shape index (κ2) is 6.37. The molecule has 0 spiro atoms. The highest BCUT2D eigenvalue weighted by Gasteiger charge is 2.35. The van der Waals surface area contributed by atoms with E-state index < -0.39 is 21.7 Å². The maximum atomic E-state index is 13.8. The summed E-state index contributed by atoms with van der Waals surface area (Å²) in [5, 5.41) is 3.62. The Morgan fingerprint density at radius 3 is 2.87 bits per heavy atom. The summed E-state index contributed by atoms with van der Waals surface area (Å²) in [6, 6.07) is 4.36. The average Bonchev–Trinajstić information content (AvgIpc) is 3.14. The maximum Gasteiger partial charge on any atom is 0.220 e. The molecule has 2 aromatic rings. The van der Waals surface area contributed by atoms with Gasteiger partial charge in [-0.25, -0.2) is 17.2 Å². The molecule has 124 valence electrons. The number of hydrogen-bond donors (Lipinski definition) is 0. The van der Waals surface area contributed by atoms with Crippen molar-refractivity contribution in [3.8, 4) is 0 Å². The summed E-state index contributed by atoms with van der Waals surface area (Å²) in [4.78, 5) is 0. The van der Waals surface area contributed by atoms with Crippen LogP contribution in [0.15, 0.2) is 35.1 Å². The molecule has 0 aliphatic carbocycles. The fourth-order valence-corrected chi connectivity index (χ4v) is 4.64. The van der Waals surface area contributed by atoms with Crippen molar-refractivity contribution in [3.63, 3.8) is 0 Å². The molecule has 0 unspecified atom stereocenters. The SMILES string of the molecule is O=S(=O)(Cc1ccon1)N1CCC[C@@H]1Cc1cc(F)ccc1F. The normalized spacial score (nSPS) is 19.3. The number of nitrogens with zero attached hydrogens (tertiary/aromatic N) is 2. The van der Waals surface area contributed by atoms with Gasteiger partial charge in [-0.3, -0.25) is 0 Å². The van der Waals surface area contributed by atoms with E-state index in [2.05, 4.69) is 9.68 Å². The first kappa shape index (κ1) is 16.1. The van der Waals surface area contributed by atoms with Crippen molar-refractivity contribution in [1.82, 2.24) is 9.46 Å². The molecule has 8 heteroatoms. The molecule has 0 bridgehead atoms. The number of benzene rings is 1. The smallest absolute Gasteiger partial charge is 0.220 e. The first-order chi connectivity index (χ1) is 11.0. The second-order valence-electron chi connectivity index (χ2n) is 5.59. The lowest BCUT2D eigenvalue weighted by Crippen LogP contribution is -2.37. The Balaban J connectivity index is 1.78. The van der Waals surface area contributed by atoms with Crippen molar-refractivity contribution in [1.29, 1.82) is 0 Å². The quantitative estimate of drug-likeness (QED) is 0.837. The molecule has 2 heterocycles. The molecule has 3 rings (SSSR count). The molecule has 23 heavy (non-hydrogen) atoms. The van der Waals surface area contributed by atoms with Crippen LogP contribution in [-0.2, 0) is 22.2 Å². The van der Waals surface area contributed by atoms with Crippen LogP contribution < -0.4 is 0 Å². The van der Waals surface area contributed by atoms with E-state index in [4.69, 9.17) is 0 Å². The lowest BCUT2D eigenvalue weighted by molar-refractivity contribution is 0.378. The molecule has 0 radical (unpaired) electrons. The lowest BCUT2D eigenvalue weighted by Gasteiger charge is -2.24. The zero-order valence-electron chi connectivity index (χ0n) is 12.3. The first-order valence-electron chi connectivity index (χ1n) is 7.28. The zero-order valence-corrected chi connectivity index (χ0v) is 13.1. The van der Waals surface area contributed by atoms with Crippen LogP contribution in [0.5, 0.6) is 0 Å². The molecule has 1 atom stereocenters. The highest BCUT2D eigenvalue weighted by Crippen LogP contribution is 2.27. The Labute approximate surface area is 132 Å². The summed E-state index contributed by atoms with van der Waals surface area (Å²) in [5.74, 6) is -1.31. The maximum absolute atomic E-state index is 13.8. The molecule has 1 saturated heterocycles. The van der Waals surface area contributed by atoms with Crippen molar-refractivity contribution >= 4 is 10.0 Å². The molecule has 1 aliphatic heterocycles. The van der Waals surface area contributed by atoms with Crippen molar-refractivity contribution < 1.29 is 21.7 Å². The van der Waals surface area contributed by atoms with Gasteiger partial charge in [-0.15, -0.1) is 0 Å². The van der Waals surface area contributed by atoms with E-state index in [-0.39, 0.29) is 23.8 Å². The summed E-state index contributed by atoms with van der Waals surface area (Å²) < 4.78 is 58.2. The summed E-state index contributed by atoms with van der Waals surface area (Å²) in [5.41, 5.74) is 0.520. The highest BCUT2D eigenvalue weighted by atomic mass is 32.2. The Hall–Kier alpha value is -1.80. The third kappa shape index (κ3) is 3.59. The molecule has 5 nitrogen and oxygen atoms in total. The molecular formula is C15H16F2N2O3S. The average molecular weight is 342 g/mol. The van der Waals surface area contributed by atoms with Crippen LogP contribution in [0.4, 0.5) is 8.78 Å². The van der Waals surface area contributed by atoms with E-state index in [1.807, 2.05) is 0 Å². The Morgan fingerprint density at radius 2 is 2.13 bits per heavy atom. The fourth-order valence-electron chi connectivity index (χ4n) is 2.91. The van der Waals surface area contributed by atoms with Crippen LogP contribution in [0.3, 0.4) is 0 Å². The third-order valence-electron chi connectivity index (χ3n) is 3.97. The van der Waals surface area contributed by atoms with Gasteiger partial charge < -0.3 is 4.52 Å². The number of sulfonamides is 1. The summed E-state index contributed by atoms with van der Waals surface area (Å²) in [7, 11) is -3.58. The van der Waals surface area contributed by atoms with Gasteiger partial charge in [0.25, 0.3) is 0 Å². The van der Waals surface area contributed by atoms with Crippen LogP contribution in [0.1, 0.15) is 24.1 Å². The molecule has 0 N–H and O–H groups in total. The van der Waals surface area contributed by atoms with Crippen molar-refractivity contribution in [2.45, 2.75) is 31.1 Å². The standard InChI is InChI=1S/C15H16F2N2O3S/c16-12-3-4-15(17)11(8-12)9-14-2-1-6-19(14)23(20,21)10-13-5-7-22-18-13/h3-5,7-8,14H,1-2,6,9-10H2/t14-/m1/s1. The fraction of sp³-hybridized carbons (Fsp3) is 0.400. The topological polar surface area (TPSA) is 63.4 Å². The monoisotopic (exact) mass is 342 g/mol. The van der Waals surface area contributed by atoms with Gasteiger partial charge in [-0.1, -0.05) is 5.16 Å². The number of hydrogen-bond acceptors (Lipinski definition) is 4. The van der Waals surface area contributed by atoms with Gasteiger partial charge in [0.2, 0.25) is 10.0 Å². The second-order valence-corrected chi connectivity index (χ2v) is 7.52. The first-order valence-corrected chi connectivity index (χ1v) is 8.89. The number of halogens is 2.